The Labute approximate surface area is 140 Å². The first-order valence-electron chi connectivity index (χ1n) is 7.63. The van der Waals surface area contributed by atoms with Crippen molar-refractivity contribution in [1.82, 2.24) is 21.0 Å². The van der Waals surface area contributed by atoms with Crippen molar-refractivity contribution in [2.45, 2.75) is 39.2 Å². The highest BCUT2D eigenvalue weighted by Gasteiger charge is 2.20. The van der Waals surface area contributed by atoms with E-state index < -0.39 is 5.91 Å². The zero-order valence-corrected chi connectivity index (χ0v) is 14.2. The van der Waals surface area contributed by atoms with Gasteiger partial charge in [-0.25, -0.2) is 5.48 Å². The van der Waals surface area contributed by atoms with Crippen LogP contribution in [0.25, 0.3) is 0 Å². The van der Waals surface area contributed by atoms with Crippen molar-refractivity contribution in [3.05, 3.63) is 52.8 Å². The first kappa shape index (κ1) is 17.7. The molecule has 0 aliphatic carbocycles. The summed E-state index contributed by atoms with van der Waals surface area (Å²) in [4.78, 5) is 23.8. The molecule has 24 heavy (non-hydrogen) atoms. The van der Waals surface area contributed by atoms with E-state index in [2.05, 4.69) is 15.5 Å². The minimum atomic E-state index is -0.600. The molecular formula is C17H22N4O3. The Bertz CT molecular complexity index is 746. The summed E-state index contributed by atoms with van der Waals surface area (Å²) in [6.07, 6.45) is 0. The molecule has 0 aliphatic rings. The number of carbonyl (C=O) groups is 2. The molecule has 0 bridgehead atoms. The maximum Gasteiger partial charge on any atom is 0.274 e. The van der Waals surface area contributed by atoms with Gasteiger partial charge in [0.1, 0.15) is 5.69 Å². The van der Waals surface area contributed by atoms with Gasteiger partial charge in [0.25, 0.3) is 11.8 Å². The van der Waals surface area contributed by atoms with Crippen LogP contribution in [0.1, 0.15) is 65.8 Å². The number of hydroxylamine groups is 1. The third-order valence-corrected chi connectivity index (χ3v) is 3.72. The summed E-state index contributed by atoms with van der Waals surface area (Å²) < 4.78 is 0. The van der Waals surface area contributed by atoms with Gasteiger partial charge in [-0.05, 0) is 30.7 Å². The van der Waals surface area contributed by atoms with Crippen LogP contribution in [-0.2, 0) is 5.41 Å². The van der Waals surface area contributed by atoms with Crippen LogP contribution in [0.15, 0.2) is 30.3 Å². The molecule has 1 aromatic carbocycles. The molecule has 1 atom stereocenters. The molecule has 0 radical (unpaired) electrons. The van der Waals surface area contributed by atoms with Gasteiger partial charge < -0.3 is 5.32 Å². The summed E-state index contributed by atoms with van der Waals surface area (Å²) in [5.41, 5.74) is 3.72. The van der Waals surface area contributed by atoms with Gasteiger partial charge in [0.05, 0.1) is 6.04 Å². The number of aromatic nitrogens is 2. The van der Waals surface area contributed by atoms with Crippen LogP contribution in [-0.4, -0.2) is 27.2 Å². The molecular weight excluding hydrogens is 308 g/mol. The highest BCUT2D eigenvalue weighted by molar-refractivity contribution is 5.94. The molecule has 7 heteroatoms. The van der Waals surface area contributed by atoms with E-state index in [0.717, 1.165) is 11.3 Å². The lowest BCUT2D eigenvalue weighted by Gasteiger charge is -2.15. The summed E-state index contributed by atoms with van der Waals surface area (Å²) >= 11 is 0. The zero-order valence-electron chi connectivity index (χ0n) is 14.2. The molecule has 7 nitrogen and oxygen atoms in total. The molecule has 4 N–H and O–H groups in total. The lowest BCUT2D eigenvalue weighted by atomic mass is 9.92. The minimum absolute atomic E-state index is 0.122. The summed E-state index contributed by atoms with van der Waals surface area (Å²) in [5.74, 6) is -0.899. The van der Waals surface area contributed by atoms with Gasteiger partial charge in [0, 0.05) is 16.7 Å². The Hall–Kier alpha value is -2.67. The zero-order chi connectivity index (χ0) is 17.9. The third kappa shape index (κ3) is 3.99. The smallest absolute Gasteiger partial charge is 0.274 e. The Morgan fingerprint density at radius 3 is 2.50 bits per heavy atom. The van der Waals surface area contributed by atoms with Crippen LogP contribution in [0, 0.1) is 0 Å². The number of aromatic amines is 1. The number of nitrogens with zero attached hydrogens (tertiary/aromatic N) is 1. The van der Waals surface area contributed by atoms with E-state index in [-0.39, 0.29) is 17.4 Å². The van der Waals surface area contributed by atoms with E-state index in [1.807, 2.05) is 27.7 Å². The van der Waals surface area contributed by atoms with Crippen molar-refractivity contribution < 1.29 is 14.8 Å². The second kappa shape index (κ2) is 6.84. The number of hydrogen-bond donors (Lipinski definition) is 4. The molecule has 0 aliphatic heterocycles. The predicted molar refractivity (Wildman–Crippen MR) is 88.9 cm³/mol. The normalized spacial score (nSPS) is 12.5. The van der Waals surface area contributed by atoms with Crippen LogP contribution < -0.4 is 10.8 Å². The number of rotatable bonds is 4. The van der Waals surface area contributed by atoms with Crippen molar-refractivity contribution in [3.8, 4) is 0 Å². The van der Waals surface area contributed by atoms with E-state index in [1.165, 1.54) is 0 Å². The summed E-state index contributed by atoms with van der Waals surface area (Å²) in [6.45, 7) is 7.90. The highest BCUT2D eigenvalue weighted by Crippen LogP contribution is 2.21. The van der Waals surface area contributed by atoms with Gasteiger partial charge >= 0.3 is 0 Å². The lowest BCUT2D eigenvalue weighted by molar-refractivity contribution is 0.0706. The van der Waals surface area contributed by atoms with E-state index in [9.17, 15) is 9.59 Å². The molecule has 2 amide bonds. The van der Waals surface area contributed by atoms with Crippen LogP contribution in [0.3, 0.4) is 0 Å². The average Bonchev–Trinajstić information content (AvgIpc) is 3.04. The molecule has 1 aromatic heterocycles. The van der Waals surface area contributed by atoms with E-state index >= 15 is 0 Å². The minimum Gasteiger partial charge on any atom is -0.344 e. The summed E-state index contributed by atoms with van der Waals surface area (Å²) in [7, 11) is 0. The van der Waals surface area contributed by atoms with Gasteiger partial charge in [-0.15, -0.1) is 0 Å². The number of hydrogen-bond acceptors (Lipinski definition) is 4. The molecule has 0 saturated carbocycles. The fraction of sp³-hybridized carbons (Fsp3) is 0.353. The molecule has 0 spiro atoms. The van der Waals surface area contributed by atoms with Crippen molar-refractivity contribution in [2.75, 3.05) is 0 Å². The molecule has 2 aromatic rings. The largest absolute Gasteiger partial charge is 0.344 e. The first-order valence-corrected chi connectivity index (χ1v) is 7.63. The van der Waals surface area contributed by atoms with Gasteiger partial charge in [-0.3, -0.25) is 19.9 Å². The van der Waals surface area contributed by atoms with Gasteiger partial charge in [-0.2, -0.15) is 5.10 Å². The van der Waals surface area contributed by atoms with E-state index in [4.69, 9.17) is 5.21 Å². The Morgan fingerprint density at radius 2 is 1.92 bits per heavy atom. The molecule has 0 fully saturated rings. The maximum atomic E-state index is 12.3. The number of carbonyl (C=O) groups excluding carboxylic acids is 2. The summed E-state index contributed by atoms with van der Waals surface area (Å²) in [5, 5.41) is 18.5. The number of nitrogens with one attached hydrogen (secondary N) is 3. The third-order valence-electron chi connectivity index (χ3n) is 3.72. The Morgan fingerprint density at radius 1 is 1.21 bits per heavy atom. The van der Waals surface area contributed by atoms with Crippen molar-refractivity contribution in [3.63, 3.8) is 0 Å². The molecule has 1 unspecified atom stereocenters. The standard InChI is InChI=1S/C17H22N4O3/c1-10(11-6-5-7-12(8-11)15(22)21-24)18-16(23)13-9-14(20-19-13)17(2,3)4/h5-10,24H,1-4H3,(H,18,23)(H,19,20)(H,21,22). The maximum absolute atomic E-state index is 12.3. The number of amides is 2. The molecule has 2 rings (SSSR count). The van der Waals surface area contributed by atoms with E-state index in [1.54, 1.807) is 35.8 Å². The van der Waals surface area contributed by atoms with Crippen LogP contribution in [0.2, 0.25) is 0 Å². The number of H-pyrrole nitrogens is 1. The first-order chi connectivity index (χ1) is 11.2. The highest BCUT2D eigenvalue weighted by atomic mass is 16.5. The average molecular weight is 330 g/mol. The fourth-order valence-electron chi connectivity index (χ4n) is 2.19. The monoisotopic (exact) mass is 330 g/mol. The van der Waals surface area contributed by atoms with Crippen molar-refractivity contribution in [2.24, 2.45) is 0 Å². The van der Waals surface area contributed by atoms with Crippen LogP contribution in [0.5, 0.6) is 0 Å². The fourth-order valence-corrected chi connectivity index (χ4v) is 2.19. The van der Waals surface area contributed by atoms with E-state index in [0.29, 0.717) is 11.3 Å². The second-order valence-electron chi connectivity index (χ2n) is 6.68. The van der Waals surface area contributed by atoms with Crippen LogP contribution in [0.4, 0.5) is 0 Å². The second-order valence-corrected chi connectivity index (χ2v) is 6.68. The molecule has 0 saturated heterocycles. The molecule has 128 valence electrons. The van der Waals surface area contributed by atoms with Gasteiger partial charge in [-0.1, -0.05) is 32.9 Å². The van der Waals surface area contributed by atoms with Gasteiger partial charge in [0.15, 0.2) is 0 Å². The number of benzene rings is 1. The predicted octanol–water partition coefficient (Wildman–Crippen LogP) is 2.32. The summed E-state index contributed by atoms with van der Waals surface area (Å²) in [6, 6.07) is 8.09. The Balaban J connectivity index is 2.12. The topological polar surface area (TPSA) is 107 Å². The SMILES string of the molecule is CC(NC(=O)c1cc(C(C)(C)C)[nH]n1)c1cccc(C(=O)NO)c1. The van der Waals surface area contributed by atoms with Crippen molar-refractivity contribution >= 4 is 11.8 Å². The van der Waals surface area contributed by atoms with Crippen molar-refractivity contribution in [1.29, 1.82) is 0 Å². The quantitative estimate of drug-likeness (QED) is 0.510. The molecule has 1 heterocycles. The van der Waals surface area contributed by atoms with Crippen LogP contribution >= 0.6 is 0 Å². The Kier molecular flexibility index (Phi) is 5.04. The van der Waals surface area contributed by atoms with Gasteiger partial charge in [0.2, 0.25) is 0 Å². The lowest BCUT2D eigenvalue weighted by Crippen LogP contribution is -2.27.